The molecule has 0 aliphatic carbocycles. The maximum atomic E-state index is 10.7. The van der Waals surface area contributed by atoms with E-state index in [1.807, 2.05) is 20.8 Å². The van der Waals surface area contributed by atoms with Crippen LogP contribution in [-0.4, -0.2) is 35.1 Å². The van der Waals surface area contributed by atoms with Crippen LogP contribution in [0.3, 0.4) is 0 Å². The van der Waals surface area contributed by atoms with Crippen LogP contribution in [0.1, 0.15) is 47.5 Å². The van der Waals surface area contributed by atoms with Crippen molar-refractivity contribution < 1.29 is 24.2 Å². The molecule has 0 saturated carbocycles. The number of ether oxygens (including phenoxy) is 1. The van der Waals surface area contributed by atoms with Gasteiger partial charge in [0.15, 0.2) is 0 Å². The molecule has 0 bridgehead atoms. The molecule has 0 aliphatic heterocycles. The van der Waals surface area contributed by atoms with E-state index in [0.717, 1.165) is 18.9 Å². The van der Waals surface area contributed by atoms with Crippen LogP contribution in [0.25, 0.3) is 0 Å². The molecule has 0 aliphatic rings. The Morgan fingerprint density at radius 2 is 1.62 bits per heavy atom. The number of nitrogens with one attached hydrogen (secondary N) is 1. The number of amides is 1. The quantitative estimate of drug-likeness (QED) is 0.439. The number of unbranched alkanes of at least 4 members (excludes halogenated alkanes) is 1. The van der Waals surface area contributed by atoms with Gasteiger partial charge in [-0.05, 0) is 40.2 Å². The fourth-order valence-electron chi connectivity index (χ4n) is 0.853. The fourth-order valence-corrected chi connectivity index (χ4v) is 0.853. The van der Waals surface area contributed by atoms with Gasteiger partial charge in [-0.25, -0.2) is 9.59 Å². The molecule has 0 unspecified atom stereocenters. The number of esters is 1. The largest absolute Gasteiger partial charge is 0.478 e. The first-order chi connectivity index (χ1) is 10.9. The number of aliphatic carboxylic acids is 1. The van der Waals surface area contributed by atoms with Crippen molar-refractivity contribution in [2.75, 3.05) is 6.61 Å². The summed E-state index contributed by atoms with van der Waals surface area (Å²) in [5.74, 6) is -1.39. The maximum Gasteiger partial charge on any atom is 0.333 e. The van der Waals surface area contributed by atoms with E-state index < -0.39 is 5.97 Å². The third kappa shape index (κ3) is 27.9. The van der Waals surface area contributed by atoms with Gasteiger partial charge in [-0.1, -0.05) is 33.1 Å². The Morgan fingerprint density at radius 3 is 1.83 bits per heavy atom. The number of carbonyl (C=O) groups excluding carboxylic acids is 2. The second kappa shape index (κ2) is 15.5. The molecule has 0 fully saturated rings. The van der Waals surface area contributed by atoms with Crippen molar-refractivity contribution in [3.63, 3.8) is 0 Å². The smallest absolute Gasteiger partial charge is 0.333 e. The fraction of sp³-hybridized carbons (Fsp3) is 0.500. The second-order valence-corrected chi connectivity index (χ2v) is 5.76. The minimum Gasteiger partial charge on any atom is -0.478 e. The average Bonchev–Trinajstić information content (AvgIpc) is 2.46. The topological polar surface area (TPSA) is 92.7 Å². The molecule has 0 atom stereocenters. The molecule has 2 N–H and O–H groups in total. The van der Waals surface area contributed by atoms with Gasteiger partial charge in [0.05, 0.1) is 6.61 Å². The average molecular weight is 341 g/mol. The van der Waals surface area contributed by atoms with Gasteiger partial charge in [-0.15, -0.1) is 0 Å². The zero-order valence-electron chi connectivity index (χ0n) is 15.5. The van der Waals surface area contributed by atoms with E-state index in [-0.39, 0.29) is 17.4 Å². The predicted octanol–water partition coefficient (Wildman–Crippen LogP) is 3.25. The molecule has 0 aromatic carbocycles. The van der Waals surface area contributed by atoms with Crippen molar-refractivity contribution in [3.8, 4) is 0 Å². The van der Waals surface area contributed by atoms with Crippen LogP contribution >= 0.6 is 0 Å². The lowest BCUT2D eigenvalue weighted by molar-refractivity contribution is -0.139. The first kappa shape index (κ1) is 26.5. The van der Waals surface area contributed by atoms with E-state index in [2.05, 4.69) is 32.0 Å². The number of rotatable bonds is 6. The number of carboxylic acids is 1. The van der Waals surface area contributed by atoms with Crippen LogP contribution in [0, 0.1) is 0 Å². The van der Waals surface area contributed by atoms with E-state index in [0.29, 0.717) is 12.2 Å². The lowest BCUT2D eigenvalue weighted by Gasteiger charge is -2.18. The summed E-state index contributed by atoms with van der Waals surface area (Å²) >= 11 is 0. The van der Waals surface area contributed by atoms with Gasteiger partial charge < -0.3 is 15.2 Å². The SMILES string of the molecule is C=C(C)C(=O)OCCCC.C=CC(=O)NC(C)(C)C.C=CC(=O)O. The van der Waals surface area contributed by atoms with Crippen LogP contribution < -0.4 is 5.32 Å². The van der Waals surface area contributed by atoms with Crippen molar-refractivity contribution in [3.05, 3.63) is 37.5 Å². The summed E-state index contributed by atoms with van der Waals surface area (Å²) in [6.45, 7) is 19.7. The lowest BCUT2D eigenvalue weighted by Crippen LogP contribution is -2.39. The van der Waals surface area contributed by atoms with Crippen LogP contribution in [-0.2, 0) is 19.1 Å². The molecular weight excluding hydrogens is 310 g/mol. The van der Waals surface area contributed by atoms with Crippen molar-refractivity contribution >= 4 is 17.8 Å². The highest BCUT2D eigenvalue weighted by Crippen LogP contribution is 1.97. The zero-order valence-corrected chi connectivity index (χ0v) is 15.5. The zero-order chi connectivity index (χ0) is 19.8. The molecule has 1 amide bonds. The number of hydrogen-bond donors (Lipinski definition) is 2. The van der Waals surface area contributed by atoms with Crippen molar-refractivity contribution in [2.24, 2.45) is 0 Å². The summed E-state index contributed by atoms with van der Waals surface area (Å²) in [6, 6.07) is 0. The molecule has 0 aromatic rings. The molecule has 0 spiro atoms. The molecule has 0 aromatic heterocycles. The summed E-state index contributed by atoms with van der Waals surface area (Å²) < 4.78 is 4.81. The summed E-state index contributed by atoms with van der Waals surface area (Å²) in [5, 5.41) is 10.3. The molecular formula is C18H31NO5. The highest BCUT2D eigenvalue weighted by Gasteiger charge is 2.10. The van der Waals surface area contributed by atoms with Crippen LogP contribution in [0.4, 0.5) is 0 Å². The molecule has 0 heterocycles. The third-order valence-electron chi connectivity index (χ3n) is 1.94. The maximum absolute atomic E-state index is 10.7. The first-order valence-electron chi connectivity index (χ1n) is 7.53. The van der Waals surface area contributed by atoms with Gasteiger partial charge in [0.1, 0.15) is 0 Å². The van der Waals surface area contributed by atoms with E-state index in [9.17, 15) is 14.4 Å². The number of carbonyl (C=O) groups is 3. The molecule has 0 radical (unpaired) electrons. The van der Waals surface area contributed by atoms with Gasteiger partial charge in [0.2, 0.25) is 5.91 Å². The first-order valence-corrected chi connectivity index (χ1v) is 7.53. The van der Waals surface area contributed by atoms with Gasteiger partial charge in [0, 0.05) is 17.2 Å². The predicted molar refractivity (Wildman–Crippen MR) is 96.6 cm³/mol. The monoisotopic (exact) mass is 341 g/mol. The van der Waals surface area contributed by atoms with E-state index in [1.165, 1.54) is 6.08 Å². The Balaban J connectivity index is -0.000000291. The molecule has 24 heavy (non-hydrogen) atoms. The summed E-state index contributed by atoms with van der Waals surface area (Å²) in [4.78, 5) is 30.5. The summed E-state index contributed by atoms with van der Waals surface area (Å²) in [6.07, 6.45) is 4.08. The van der Waals surface area contributed by atoms with Crippen molar-refractivity contribution in [1.82, 2.24) is 5.32 Å². The van der Waals surface area contributed by atoms with Crippen LogP contribution in [0.15, 0.2) is 37.5 Å². The summed E-state index contributed by atoms with van der Waals surface area (Å²) in [7, 11) is 0. The Labute approximate surface area is 145 Å². The van der Waals surface area contributed by atoms with E-state index in [4.69, 9.17) is 9.84 Å². The number of carboxylic acid groups (broad SMARTS) is 1. The molecule has 6 nitrogen and oxygen atoms in total. The van der Waals surface area contributed by atoms with Crippen LogP contribution in [0.2, 0.25) is 0 Å². The molecule has 0 rings (SSSR count). The van der Waals surface area contributed by atoms with Gasteiger partial charge >= 0.3 is 11.9 Å². The standard InChI is InChI=1S/C8H14O2.C7H13NO.C3H4O2/c1-4-5-6-10-8(9)7(2)3;1-5-6(9)8-7(2,3)4;1-2-3(4)5/h2,4-6H2,1,3H3;5H,1H2,2-4H3,(H,8,9);2H,1H2,(H,4,5). The second-order valence-electron chi connectivity index (χ2n) is 5.76. The molecule has 138 valence electrons. The minimum absolute atomic E-state index is 0.123. The Hall–Kier alpha value is -2.37. The highest BCUT2D eigenvalue weighted by atomic mass is 16.5. The Morgan fingerprint density at radius 1 is 1.17 bits per heavy atom. The van der Waals surface area contributed by atoms with E-state index in [1.54, 1.807) is 6.92 Å². The van der Waals surface area contributed by atoms with Crippen LogP contribution in [0.5, 0.6) is 0 Å². The van der Waals surface area contributed by atoms with Gasteiger partial charge in [-0.2, -0.15) is 0 Å². The van der Waals surface area contributed by atoms with Gasteiger partial charge in [0.25, 0.3) is 0 Å². The van der Waals surface area contributed by atoms with Crippen molar-refractivity contribution in [1.29, 1.82) is 0 Å². The Kier molecular flexibility index (Phi) is 17.2. The normalized spacial score (nSPS) is 9.04. The molecule has 0 saturated heterocycles. The third-order valence-corrected chi connectivity index (χ3v) is 1.94. The number of hydrogen-bond acceptors (Lipinski definition) is 4. The Bertz CT molecular complexity index is 433. The van der Waals surface area contributed by atoms with Gasteiger partial charge in [-0.3, -0.25) is 4.79 Å². The lowest BCUT2D eigenvalue weighted by atomic mass is 10.1. The summed E-state index contributed by atoms with van der Waals surface area (Å²) in [5.41, 5.74) is 0.321. The highest BCUT2D eigenvalue weighted by molar-refractivity contribution is 5.87. The minimum atomic E-state index is -0.981. The van der Waals surface area contributed by atoms with Crippen molar-refractivity contribution in [2.45, 2.75) is 53.0 Å². The molecule has 6 heteroatoms. The van der Waals surface area contributed by atoms with E-state index >= 15 is 0 Å².